The van der Waals surface area contributed by atoms with Crippen LogP contribution in [0.1, 0.15) is 53.3 Å². The fourth-order valence-corrected chi connectivity index (χ4v) is 2.19. The fourth-order valence-electron chi connectivity index (χ4n) is 2.19. The van der Waals surface area contributed by atoms with Crippen LogP contribution in [-0.4, -0.2) is 21.9 Å². The van der Waals surface area contributed by atoms with Gasteiger partial charge in [0.2, 0.25) is 5.91 Å². The summed E-state index contributed by atoms with van der Waals surface area (Å²) in [6.45, 7) is 6.38. The van der Waals surface area contributed by atoms with Crippen molar-refractivity contribution >= 4 is 5.78 Å². The van der Waals surface area contributed by atoms with E-state index >= 15 is 0 Å². The summed E-state index contributed by atoms with van der Waals surface area (Å²) in [6.07, 6.45) is 0. The van der Waals surface area contributed by atoms with Crippen molar-refractivity contribution in [2.75, 3.05) is 0 Å². The second kappa shape index (κ2) is 5.48. The molecule has 0 amide bonds. The zero-order chi connectivity index (χ0) is 15.8. The van der Waals surface area contributed by atoms with Crippen molar-refractivity contribution in [2.45, 2.75) is 39.6 Å². The van der Waals surface area contributed by atoms with Gasteiger partial charge >= 0.3 is 0 Å². The Hall–Kier alpha value is -1.89. The van der Waals surface area contributed by atoms with E-state index in [0.717, 1.165) is 0 Å². The number of ketones is 1. The van der Waals surface area contributed by atoms with Crippen LogP contribution in [0, 0.1) is 13.8 Å². The number of hydrogen-bond acceptors (Lipinski definition) is 6. The number of carbonyl (C=O) groups is 1. The third-order valence-electron chi connectivity index (χ3n) is 3.01. The van der Waals surface area contributed by atoms with Crippen LogP contribution in [0.5, 0.6) is 0 Å². The fraction of sp³-hybridized carbons (Fsp3) is 0.400. The van der Waals surface area contributed by atoms with E-state index in [4.69, 9.17) is 8.83 Å². The Balaban J connectivity index is 2.34. The summed E-state index contributed by atoms with van der Waals surface area (Å²) in [6, 6.07) is 4.48. The van der Waals surface area contributed by atoms with E-state index in [9.17, 15) is 15.0 Å². The minimum Gasteiger partial charge on any atom is -0.458 e. The summed E-state index contributed by atoms with van der Waals surface area (Å²) in [5, 5.41) is 21.4. The van der Waals surface area contributed by atoms with E-state index in [1.807, 2.05) is 0 Å². The number of aryl methyl sites for hydroxylation is 2. The van der Waals surface area contributed by atoms with Crippen LogP contribution in [-0.2, 0) is 0 Å². The molecule has 1 unspecified atom stereocenters. The second-order valence-corrected chi connectivity index (χ2v) is 5.27. The molecule has 0 aromatic carbocycles. The average molecular weight is 293 g/mol. The van der Waals surface area contributed by atoms with E-state index in [-0.39, 0.29) is 17.3 Å². The summed E-state index contributed by atoms with van der Waals surface area (Å²) in [5.41, 5.74) is 0.542. The van der Waals surface area contributed by atoms with Gasteiger partial charge in [-0.15, -0.1) is 0 Å². The number of aliphatic hydroxyl groups is 2. The van der Waals surface area contributed by atoms with Crippen LogP contribution in [0.2, 0.25) is 0 Å². The van der Waals surface area contributed by atoms with Crippen LogP contribution in [0.3, 0.4) is 0 Å². The third kappa shape index (κ3) is 3.60. The molecule has 2 aromatic rings. The van der Waals surface area contributed by atoms with Gasteiger partial charge in [-0.1, -0.05) is 0 Å². The van der Waals surface area contributed by atoms with Crippen molar-refractivity contribution < 1.29 is 23.8 Å². The number of hydrogen-bond donors (Lipinski definition) is 3. The number of carbonyl (C=O) groups excluding carboxylic acids is 1. The lowest BCUT2D eigenvalue weighted by Crippen LogP contribution is -2.43. The molecule has 1 atom stereocenters. The highest BCUT2D eigenvalue weighted by atomic mass is 16.5. The van der Waals surface area contributed by atoms with Gasteiger partial charge in [0, 0.05) is 18.5 Å². The SMILES string of the molecule is Cc1ccc(C(=O)c2oc(C)cc2C(C)NC(C)(O)O)o1. The zero-order valence-corrected chi connectivity index (χ0v) is 12.4. The van der Waals surface area contributed by atoms with Crippen molar-refractivity contribution in [2.24, 2.45) is 0 Å². The Bertz CT molecular complexity index is 647. The highest BCUT2D eigenvalue weighted by Crippen LogP contribution is 2.26. The maximum absolute atomic E-state index is 12.4. The Labute approximate surface area is 122 Å². The number of nitrogens with one attached hydrogen (secondary N) is 1. The second-order valence-electron chi connectivity index (χ2n) is 5.27. The van der Waals surface area contributed by atoms with E-state index in [1.54, 1.807) is 39.0 Å². The van der Waals surface area contributed by atoms with Gasteiger partial charge in [-0.05, 0) is 39.0 Å². The van der Waals surface area contributed by atoms with Gasteiger partial charge in [0.1, 0.15) is 11.5 Å². The standard InChI is InChI=1S/C15H19NO5/c1-8-5-6-12(20-8)13(17)14-11(7-9(2)21-14)10(3)16-15(4,18)19/h5-7,10,16,18-19H,1-4H3. The van der Waals surface area contributed by atoms with Crippen molar-refractivity contribution in [3.8, 4) is 0 Å². The Kier molecular flexibility index (Phi) is 4.04. The topological polar surface area (TPSA) is 95.8 Å². The molecule has 0 saturated carbocycles. The Morgan fingerprint density at radius 1 is 1.24 bits per heavy atom. The minimum atomic E-state index is -2.05. The molecular weight excluding hydrogens is 274 g/mol. The van der Waals surface area contributed by atoms with E-state index in [1.165, 1.54) is 6.92 Å². The van der Waals surface area contributed by atoms with Crippen molar-refractivity contribution in [1.82, 2.24) is 5.32 Å². The molecule has 0 fully saturated rings. The first kappa shape index (κ1) is 15.5. The van der Waals surface area contributed by atoms with E-state index in [0.29, 0.717) is 17.1 Å². The molecule has 21 heavy (non-hydrogen) atoms. The zero-order valence-electron chi connectivity index (χ0n) is 12.4. The Morgan fingerprint density at radius 3 is 2.43 bits per heavy atom. The molecule has 6 nitrogen and oxygen atoms in total. The summed E-state index contributed by atoms with van der Waals surface area (Å²) >= 11 is 0. The van der Waals surface area contributed by atoms with Crippen LogP contribution in [0.15, 0.2) is 27.0 Å². The molecule has 0 aliphatic heterocycles. The highest BCUT2D eigenvalue weighted by molar-refractivity contribution is 6.06. The van der Waals surface area contributed by atoms with Gasteiger partial charge in [0.15, 0.2) is 11.5 Å². The van der Waals surface area contributed by atoms with Gasteiger partial charge in [0.05, 0.1) is 0 Å². The molecule has 0 radical (unpaired) electrons. The van der Waals surface area contributed by atoms with Gasteiger partial charge < -0.3 is 19.0 Å². The molecule has 0 aliphatic rings. The molecule has 0 spiro atoms. The lowest BCUT2D eigenvalue weighted by Gasteiger charge is -2.22. The van der Waals surface area contributed by atoms with Crippen LogP contribution in [0.4, 0.5) is 0 Å². The first-order valence-electron chi connectivity index (χ1n) is 6.61. The van der Waals surface area contributed by atoms with Crippen LogP contribution in [0.25, 0.3) is 0 Å². The molecule has 2 rings (SSSR count). The van der Waals surface area contributed by atoms with E-state index in [2.05, 4.69) is 5.32 Å². The van der Waals surface area contributed by atoms with Gasteiger partial charge in [0.25, 0.3) is 5.78 Å². The first-order valence-corrected chi connectivity index (χ1v) is 6.61. The monoisotopic (exact) mass is 293 g/mol. The molecule has 3 N–H and O–H groups in total. The summed E-state index contributed by atoms with van der Waals surface area (Å²) < 4.78 is 10.8. The lowest BCUT2D eigenvalue weighted by atomic mass is 10.1. The maximum Gasteiger partial charge on any atom is 0.263 e. The third-order valence-corrected chi connectivity index (χ3v) is 3.01. The van der Waals surface area contributed by atoms with Crippen molar-refractivity contribution in [3.05, 3.63) is 46.8 Å². The van der Waals surface area contributed by atoms with Crippen molar-refractivity contribution in [1.29, 1.82) is 0 Å². The lowest BCUT2D eigenvalue weighted by molar-refractivity contribution is -0.175. The van der Waals surface area contributed by atoms with Crippen LogP contribution >= 0.6 is 0 Å². The predicted molar refractivity (Wildman–Crippen MR) is 74.7 cm³/mol. The molecular formula is C15H19NO5. The molecule has 6 heteroatoms. The normalized spacial score (nSPS) is 13.4. The first-order chi connectivity index (χ1) is 9.67. The largest absolute Gasteiger partial charge is 0.458 e. The molecule has 2 heterocycles. The summed E-state index contributed by atoms with van der Waals surface area (Å²) in [5.74, 6) is -0.920. The summed E-state index contributed by atoms with van der Waals surface area (Å²) in [7, 11) is 0. The van der Waals surface area contributed by atoms with Crippen LogP contribution < -0.4 is 5.32 Å². The number of furan rings is 2. The summed E-state index contributed by atoms with van der Waals surface area (Å²) in [4.78, 5) is 12.4. The molecule has 0 bridgehead atoms. The minimum absolute atomic E-state index is 0.131. The van der Waals surface area contributed by atoms with Gasteiger partial charge in [-0.2, -0.15) is 0 Å². The molecule has 0 saturated heterocycles. The van der Waals surface area contributed by atoms with Crippen molar-refractivity contribution in [3.63, 3.8) is 0 Å². The number of rotatable bonds is 5. The Morgan fingerprint density at radius 2 is 1.90 bits per heavy atom. The predicted octanol–water partition coefficient (Wildman–Crippen LogP) is 2.03. The molecule has 2 aromatic heterocycles. The smallest absolute Gasteiger partial charge is 0.263 e. The quantitative estimate of drug-likeness (QED) is 0.576. The maximum atomic E-state index is 12.4. The van der Waals surface area contributed by atoms with E-state index < -0.39 is 12.0 Å². The van der Waals surface area contributed by atoms with Gasteiger partial charge in [-0.3, -0.25) is 10.1 Å². The highest BCUT2D eigenvalue weighted by Gasteiger charge is 2.27. The molecule has 114 valence electrons. The van der Waals surface area contributed by atoms with Gasteiger partial charge in [-0.25, -0.2) is 0 Å². The average Bonchev–Trinajstić information content (AvgIpc) is 2.92. The molecule has 0 aliphatic carbocycles.